The summed E-state index contributed by atoms with van der Waals surface area (Å²) in [6, 6.07) is 19.8. The molecule has 0 atom stereocenters. The topological polar surface area (TPSA) is 106 Å². The predicted octanol–water partition coefficient (Wildman–Crippen LogP) is 3.84. The molecular weight excluding hydrogens is 458 g/mol. The highest BCUT2D eigenvalue weighted by molar-refractivity contribution is 6.33. The van der Waals surface area contributed by atoms with E-state index >= 15 is 0 Å². The van der Waals surface area contributed by atoms with Crippen molar-refractivity contribution in [1.29, 1.82) is 0 Å². The Morgan fingerprint density at radius 3 is 2.29 bits per heavy atom. The van der Waals surface area contributed by atoms with Crippen molar-refractivity contribution in [3.63, 3.8) is 0 Å². The monoisotopic (exact) mass is 479 g/mol. The summed E-state index contributed by atoms with van der Waals surface area (Å²) in [4.78, 5) is 36.2. The van der Waals surface area contributed by atoms with Gasteiger partial charge in [0.05, 0.1) is 35.5 Å². The minimum Gasteiger partial charge on any atom is -0.494 e. The number of nitrogens with one attached hydrogen (secondary N) is 2. The number of nitrogens with zero attached hydrogens (tertiary/aromatic N) is 1. The number of hydrogen-bond donors (Lipinski definition) is 2. The summed E-state index contributed by atoms with van der Waals surface area (Å²) in [7, 11) is 0. The first kappa shape index (κ1) is 24.5. The van der Waals surface area contributed by atoms with Gasteiger partial charge < -0.3 is 14.8 Å². The number of esters is 1. The van der Waals surface area contributed by atoms with Crippen LogP contribution in [0.4, 0.5) is 0 Å². The van der Waals surface area contributed by atoms with E-state index in [0.29, 0.717) is 34.3 Å². The molecule has 3 aromatic rings. The quantitative estimate of drug-likeness (QED) is 0.210. The van der Waals surface area contributed by atoms with Crippen LogP contribution in [0, 0.1) is 0 Å². The molecule has 174 valence electrons. The summed E-state index contributed by atoms with van der Waals surface area (Å²) in [5.41, 5.74) is 3.67. The Morgan fingerprint density at radius 2 is 1.62 bits per heavy atom. The summed E-state index contributed by atoms with van der Waals surface area (Å²) >= 11 is 5.95. The molecule has 0 fully saturated rings. The van der Waals surface area contributed by atoms with E-state index in [1.54, 1.807) is 72.8 Å². The Bertz CT molecular complexity index is 1180. The molecule has 2 N–H and O–H groups in total. The molecule has 9 heteroatoms. The fourth-order valence-corrected chi connectivity index (χ4v) is 2.98. The van der Waals surface area contributed by atoms with Crippen molar-refractivity contribution in [2.45, 2.75) is 6.92 Å². The first-order valence-electron chi connectivity index (χ1n) is 10.4. The second kappa shape index (κ2) is 12.2. The second-order valence-corrected chi connectivity index (χ2v) is 7.28. The standard InChI is InChI=1S/C25H22ClN3O5/c1-2-33-19-13-9-18(10-14-19)25(32)34-20-11-7-17(8-12-20)15-28-29-23(30)16-27-24(31)21-5-3-4-6-22(21)26/h3-15H,2,16H2,1H3,(H,27,31)(H,29,30)/b28-15+. The highest BCUT2D eigenvalue weighted by atomic mass is 35.5. The Balaban J connectivity index is 1.45. The Hall–Kier alpha value is -4.17. The van der Waals surface area contributed by atoms with Gasteiger partial charge in [-0.1, -0.05) is 23.7 Å². The highest BCUT2D eigenvalue weighted by Gasteiger charge is 2.11. The third-order valence-electron chi connectivity index (χ3n) is 4.42. The maximum atomic E-state index is 12.3. The molecular formula is C25H22ClN3O5. The number of hydrazone groups is 1. The van der Waals surface area contributed by atoms with Crippen molar-refractivity contribution in [2.24, 2.45) is 5.10 Å². The van der Waals surface area contributed by atoms with Crippen molar-refractivity contribution in [3.8, 4) is 11.5 Å². The highest BCUT2D eigenvalue weighted by Crippen LogP contribution is 2.17. The number of ether oxygens (including phenoxy) is 2. The average molecular weight is 480 g/mol. The number of rotatable bonds is 9. The van der Waals surface area contributed by atoms with E-state index in [1.807, 2.05) is 6.92 Å². The van der Waals surface area contributed by atoms with Gasteiger partial charge in [-0.25, -0.2) is 10.2 Å². The first-order chi connectivity index (χ1) is 16.5. The zero-order valence-electron chi connectivity index (χ0n) is 18.3. The smallest absolute Gasteiger partial charge is 0.343 e. The molecule has 0 aliphatic carbocycles. The normalized spacial score (nSPS) is 10.5. The Morgan fingerprint density at radius 1 is 0.941 bits per heavy atom. The van der Waals surface area contributed by atoms with Gasteiger partial charge >= 0.3 is 5.97 Å². The van der Waals surface area contributed by atoms with E-state index in [4.69, 9.17) is 21.1 Å². The van der Waals surface area contributed by atoms with Crippen LogP contribution in [0.2, 0.25) is 5.02 Å². The largest absolute Gasteiger partial charge is 0.494 e. The molecule has 0 saturated carbocycles. The molecule has 3 rings (SSSR count). The average Bonchev–Trinajstić information content (AvgIpc) is 2.84. The first-order valence-corrected chi connectivity index (χ1v) is 10.7. The molecule has 0 aliphatic heterocycles. The van der Waals surface area contributed by atoms with Crippen LogP contribution in [-0.4, -0.2) is 37.1 Å². The number of halogens is 1. The molecule has 0 radical (unpaired) electrons. The minimum absolute atomic E-state index is 0.262. The van der Waals surface area contributed by atoms with Crippen LogP contribution in [0.5, 0.6) is 11.5 Å². The molecule has 0 bridgehead atoms. The fraction of sp³-hybridized carbons (Fsp3) is 0.120. The third kappa shape index (κ3) is 7.18. The van der Waals surface area contributed by atoms with Crippen molar-refractivity contribution in [3.05, 3.63) is 94.5 Å². The lowest BCUT2D eigenvalue weighted by molar-refractivity contribution is -0.120. The van der Waals surface area contributed by atoms with E-state index in [1.165, 1.54) is 6.21 Å². The Labute approximate surface area is 201 Å². The van der Waals surface area contributed by atoms with E-state index in [2.05, 4.69) is 15.8 Å². The summed E-state index contributed by atoms with van der Waals surface area (Å²) in [6.45, 7) is 2.17. The molecule has 0 aromatic heterocycles. The van der Waals surface area contributed by atoms with Gasteiger partial charge in [-0.3, -0.25) is 9.59 Å². The van der Waals surface area contributed by atoms with Gasteiger partial charge in [-0.15, -0.1) is 0 Å². The molecule has 3 aromatic carbocycles. The van der Waals surface area contributed by atoms with E-state index < -0.39 is 17.8 Å². The van der Waals surface area contributed by atoms with Crippen LogP contribution in [0.3, 0.4) is 0 Å². The van der Waals surface area contributed by atoms with Crippen LogP contribution in [0.15, 0.2) is 77.9 Å². The maximum Gasteiger partial charge on any atom is 0.343 e. The maximum absolute atomic E-state index is 12.3. The summed E-state index contributed by atoms with van der Waals surface area (Å²) in [5, 5.41) is 6.62. The van der Waals surface area contributed by atoms with Gasteiger partial charge in [-0.2, -0.15) is 5.10 Å². The zero-order chi connectivity index (χ0) is 24.3. The molecule has 0 unspecified atom stereocenters. The predicted molar refractivity (Wildman–Crippen MR) is 129 cm³/mol. The summed E-state index contributed by atoms with van der Waals surface area (Å²) in [5.74, 6) is -0.409. The van der Waals surface area contributed by atoms with Gasteiger partial charge in [0.15, 0.2) is 0 Å². The summed E-state index contributed by atoms with van der Waals surface area (Å²) < 4.78 is 10.7. The lowest BCUT2D eigenvalue weighted by atomic mass is 10.2. The fourth-order valence-electron chi connectivity index (χ4n) is 2.76. The van der Waals surface area contributed by atoms with Crippen LogP contribution in [0.25, 0.3) is 0 Å². The molecule has 8 nitrogen and oxygen atoms in total. The van der Waals surface area contributed by atoms with Crippen LogP contribution in [0.1, 0.15) is 33.2 Å². The van der Waals surface area contributed by atoms with Gasteiger partial charge in [0.25, 0.3) is 11.8 Å². The number of hydrogen-bond acceptors (Lipinski definition) is 6. The molecule has 2 amide bonds. The second-order valence-electron chi connectivity index (χ2n) is 6.87. The van der Waals surface area contributed by atoms with Gasteiger partial charge in [0.1, 0.15) is 11.5 Å². The number of amides is 2. The van der Waals surface area contributed by atoms with Gasteiger partial charge in [-0.05, 0) is 73.2 Å². The number of carbonyl (C=O) groups excluding carboxylic acids is 3. The molecule has 0 saturated heterocycles. The molecule has 0 heterocycles. The minimum atomic E-state index is -0.502. The van der Waals surface area contributed by atoms with E-state index in [9.17, 15) is 14.4 Å². The van der Waals surface area contributed by atoms with Crippen LogP contribution >= 0.6 is 11.6 Å². The molecule has 34 heavy (non-hydrogen) atoms. The zero-order valence-corrected chi connectivity index (χ0v) is 19.0. The SMILES string of the molecule is CCOc1ccc(C(=O)Oc2ccc(/C=N/NC(=O)CNC(=O)c3ccccc3Cl)cc2)cc1. The Kier molecular flexibility index (Phi) is 8.76. The number of benzene rings is 3. The van der Waals surface area contributed by atoms with Crippen LogP contribution < -0.4 is 20.2 Å². The van der Waals surface area contributed by atoms with Crippen molar-refractivity contribution in [1.82, 2.24) is 10.7 Å². The lowest BCUT2D eigenvalue weighted by Gasteiger charge is -2.06. The van der Waals surface area contributed by atoms with Crippen molar-refractivity contribution < 1.29 is 23.9 Å². The van der Waals surface area contributed by atoms with Gasteiger partial charge in [0, 0.05) is 0 Å². The van der Waals surface area contributed by atoms with E-state index in [-0.39, 0.29) is 12.1 Å². The lowest BCUT2D eigenvalue weighted by Crippen LogP contribution is -2.35. The van der Waals surface area contributed by atoms with E-state index in [0.717, 1.165) is 0 Å². The van der Waals surface area contributed by atoms with Crippen molar-refractivity contribution >= 4 is 35.6 Å². The summed E-state index contributed by atoms with van der Waals surface area (Å²) in [6.07, 6.45) is 1.42. The van der Waals surface area contributed by atoms with Gasteiger partial charge in [0.2, 0.25) is 0 Å². The third-order valence-corrected chi connectivity index (χ3v) is 4.75. The number of carbonyl (C=O) groups is 3. The molecule has 0 spiro atoms. The van der Waals surface area contributed by atoms with Crippen LogP contribution in [-0.2, 0) is 4.79 Å². The van der Waals surface area contributed by atoms with Crippen molar-refractivity contribution in [2.75, 3.05) is 13.2 Å². The molecule has 0 aliphatic rings.